The summed E-state index contributed by atoms with van der Waals surface area (Å²) >= 11 is 13.6. The van der Waals surface area contributed by atoms with Crippen LogP contribution in [-0.2, 0) is 11.4 Å². The number of ether oxygens (including phenoxy) is 2. The molecule has 174 valence electrons. The molecule has 0 unspecified atom stereocenters. The highest BCUT2D eigenvalue weighted by atomic mass is 35.5. The number of halogens is 3. The molecule has 1 fully saturated rings. The van der Waals surface area contributed by atoms with Crippen LogP contribution < -0.4 is 14.8 Å². The van der Waals surface area contributed by atoms with Gasteiger partial charge in [-0.3, -0.25) is 4.79 Å². The summed E-state index contributed by atoms with van der Waals surface area (Å²) in [5.74, 6) is 0.0732. The molecule has 1 heterocycles. The quantitative estimate of drug-likeness (QED) is 0.343. The fraction of sp³-hybridized carbons (Fsp3) is 0.120. The van der Waals surface area contributed by atoms with Crippen molar-refractivity contribution in [3.63, 3.8) is 0 Å². The molecule has 0 saturated carbocycles. The van der Waals surface area contributed by atoms with Crippen molar-refractivity contribution < 1.29 is 18.7 Å². The summed E-state index contributed by atoms with van der Waals surface area (Å²) in [7, 11) is 0. The number of hydrogen-bond donors (Lipinski definition) is 1. The Labute approximate surface area is 210 Å². The fourth-order valence-electron chi connectivity index (χ4n) is 3.10. The van der Waals surface area contributed by atoms with E-state index in [-0.39, 0.29) is 23.4 Å². The van der Waals surface area contributed by atoms with Crippen molar-refractivity contribution >= 4 is 57.8 Å². The van der Waals surface area contributed by atoms with Gasteiger partial charge >= 0.3 is 0 Å². The van der Waals surface area contributed by atoms with E-state index in [0.29, 0.717) is 50.0 Å². The second kappa shape index (κ2) is 11.0. The molecule has 0 spiro atoms. The van der Waals surface area contributed by atoms with Crippen molar-refractivity contribution in [2.75, 3.05) is 6.61 Å². The Bertz CT molecular complexity index is 1280. The Morgan fingerprint density at radius 2 is 1.85 bits per heavy atom. The Balaban J connectivity index is 1.56. The van der Waals surface area contributed by atoms with Gasteiger partial charge in [0, 0.05) is 10.6 Å². The van der Waals surface area contributed by atoms with Crippen LogP contribution in [0.4, 0.5) is 10.1 Å². The van der Waals surface area contributed by atoms with Gasteiger partial charge in [0.2, 0.25) is 0 Å². The second-order valence-electron chi connectivity index (χ2n) is 7.10. The lowest BCUT2D eigenvalue weighted by Crippen LogP contribution is -2.19. The molecule has 9 heteroatoms. The summed E-state index contributed by atoms with van der Waals surface area (Å²) < 4.78 is 25.4. The summed E-state index contributed by atoms with van der Waals surface area (Å²) in [5, 5.41) is 4.10. The van der Waals surface area contributed by atoms with Gasteiger partial charge in [0.1, 0.15) is 12.4 Å². The van der Waals surface area contributed by atoms with Crippen LogP contribution >= 0.6 is 35.0 Å². The van der Waals surface area contributed by atoms with E-state index < -0.39 is 0 Å². The monoisotopic (exact) mass is 516 g/mol. The number of hydrogen-bond acceptors (Lipinski definition) is 5. The Morgan fingerprint density at radius 3 is 2.59 bits per heavy atom. The normalized spacial score (nSPS) is 15.6. The fourth-order valence-corrected chi connectivity index (χ4v) is 4.35. The SMILES string of the molecule is CCOc1cc(/C=C2\SC(=Nc3ccc(Cl)cc3)NC2=O)cc(Cl)c1OCc1ccccc1F. The molecule has 0 bridgehead atoms. The molecule has 0 aromatic heterocycles. The highest BCUT2D eigenvalue weighted by molar-refractivity contribution is 8.18. The number of thioether (sulfide) groups is 1. The Kier molecular flexibility index (Phi) is 7.77. The van der Waals surface area contributed by atoms with Crippen LogP contribution in [-0.4, -0.2) is 17.7 Å². The number of aliphatic imine (C=N–C) groups is 1. The molecule has 1 aliphatic rings. The van der Waals surface area contributed by atoms with Gasteiger partial charge in [-0.05, 0) is 72.8 Å². The van der Waals surface area contributed by atoms with E-state index in [4.69, 9.17) is 32.7 Å². The molecule has 0 radical (unpaired) electrons. The molecule has 34 heavy (non-hydrogen) atoms. The second-order valence-corrected chi connectivity index (χ2v) is 8.98. The first kappa shape index (κ1) is 24.1. The molecule has 0 aliphatic carbocycles. The summed E-state index contributed by atoms with van der Waals surface area (Å²) in [6, 6.07) is 16.7. The minimum absolute atomic E-state index is 0.00428. The van der Waals surface area contributed by atoms with Crippen molar-refractivity contribution in [2.24, 2.45) is 4.99 Å². The zero-order valence-corrected chi connectivity index (χ0v) is 20.3. The van der Waals surface area contributed by atoms with E-state index in [2.05, 4.69) is 10.3 Å². The zero-order valence-electron chi connectivity index (χ0n) is 18.0. The van der Waals surface area contributed by atoms with Gasteiger partial charge in [0.15, 0.2) is 16.7 Å². The molecular weight excluding hydrogens is 498 g/mol. The first-order valence-electron chi connectivity index (χ1n) is 10.3. The molecule has 0 atom stereocenters. The third-order valence-corrected chi connectivity index (χ3v) is 6.11. The van der Waals surface area contributed by atoms with Crippen molar-refractivity contribution in [2.45, 2.75) is 13.5 Å². The lowest BCUT2D eigenvalue weighted by Gasteiger charge is -2.15. The van der Waals surface area contributed by atoms with Crippen LogP contribution in [0.25, 0.3) is 6.08 Å². The molecule has 1 amide bonds. The number of rotatable bonds is 7. The van der Waals surface area contributed by atoms with E-state index in [1.54, 1.807) is 60.7 Å². The first-order valence-corrected chi connectivity index (χ1v) is 11.9. The Morgan fingerprint density at radius 1 is 1.09 bits per heavy atom. The minimum Gasteiger partial charge on any atom is -0.490 e. The zero-order chi connectivity index (χ0) is 24.1. The van der Waals surface area contributed by atoms with Crippen LogP contribution in [0.2, 0.25) is 10.0 Å². The van der Waals surface area contributed by atoms with Crippen molar-refractivity contribution in [1.82, 2.24) is 5.32 Å². The number of nitrogens with one attached hydrogen (secondary N) is 1. The predicted octanol–water partition coefficient (Wildman–Crippen LogP) is 7.00. The maximum Gasteiger partial charge on any atom is 0.264 e. The van der Waals surface area contributed by atoms with Crippen LogP contribution in [0.5, 0.6) is 11.5 Å². The van der Waals surface area contributed by atoms with E-state index in [0.717, 1.165) is 0 Å². The van der Waals surface area contributed by atoms with Crippen molar-refractivity contribution in [3.05, 3.63) is 92.6 Å². The first-order chi connectivity index (χ1) is 16.4. The minimum atomic E-state index is -0.363. The predicted molar refractivity (Wildman–Crippen MR) is 136 cm³/mol. The molecule has 1 saturated heterocycles. The Hall–Kier alpha value is -3.00. The van der Waals surface area contributed by atoms with Crippen LogP contribution in [0.15, 0.2) is 70.6 Å². The number of nitrogens with zero attached hydrogens (tertiary/aromatic N) is 1. The number of carbonyl (C=O) groups excluding carboxylic acids is 1. The molecule has 4 rings (SSSR count). The van der Waals surface area contributed by atoms with Crippen LogP contribution in [0.3, 0.4) is 0 Å². The summed E-state index contributed by atoms with van der Waals surface area (Å²) in [4.78, 5) is 17.3. The lowest BCUT2D eigenvalue weighted by atomic mass is 10.1. The average molecular weight is 517 g/mol. The van der Waals surface area contributed by atoms with Gasteiger partial charge in [-0.2, -0.15) is 0 Å². The molecule has 1 N–H and O–H groups in total. The highest BCUT2D eigenvalue weighted by Crippen LogP contribution is 2.39. The largest absolute Gasteiger partial charge is 0.490 e. The maximum atomic E-state index is 13.9. The lowest BCUT2D eigenvalue weighted by molar-refractivity contribution is -0.115. The van der Waals surface area contributed by atoms with Gasteiger partial charge in [0.25, 0.3) is 5.91 Å². The van der Waals surface area contributed by atoms with Crippen molar-refractivity contribution in [1.29, 1.82) is 0 Å². The van der Waals surface area contributed by atoms with Gasteiger partial charge in [-0.25, -0.2) is 9.38 Å². The number of benzene rings is 3. The van der Waals surface area contributed by atoms with Crippen LogP contribution in [0.1, 0.15) is 18.1 Å². The third kappa shape index (κ3) is 5.91. The van der Waals surface area contributed by atoms with E-state index in [1.807, 2.05) is 6.92 Å². The topological polar surface area (TPSA) is 59.9 Å². The van der Waals surface area contributed by atoms with Crippen LogP contribution in [0, 0.1) is 5.82 Å². The smallest absolute Gasteiger partial charge is 0.264 e. The number of amides is 1. The summed E-state index contributed by atoms with van der Waals surface area (Å²) in [6.07, 6.45) is 1.69. The number of amidine groups is 1. The molecule has 3 aromatic carbocycles. The molecular formula is C25H19Cl2FN2O3S. The third-order valence-electron chi connectivity index (χ3n) is 4.67. The van der Waals surface area contributed by atoms with Gasteiger partial charge in [-0.15, -0.1) is 0 Å². The molecule has 1 aliphatic heterocycles. The maximum absolute atomic E-state index is 13.9. The number of carbonyl (C=O) groups is 1. The average Bonchev–Trinajstić information content (AvgIpc) is 3.14. The van der Waals surface area contributed by atoms with E-state index in [1.165, 1.54) is 17.8 Å². The summed E-state index contributed by atoms with van der Waals surface area (Å²) in [6.45, 7) is 2.20. The van der Waals surface area contributed by atoms with Gasteiger partial charge < -0.3 is 14.8 Å². The van der Waals surface area contributed by atoms with Gasteiger partial charge in [-0.1, -0.05) is 41.4 Å². The van der Waals surface area contributed by atoms with E-state index in [9.17, 15) is 9.18 Å². The van der Waals surface area contributed by atoms with E-state index >= 15 is 0 Å². The van der Waals surface area contributed by atoms with Gasteiger partial charge in [0.05, 0.1) is 22.2 Å². The molecule has 5 nitrogen and oxygen atoms in total. The standard InChI is InChI=1S/C25H19Cl2FN2O3S/c1-2-32-21-12-15(11-19(27)23(21)33-14-16-5-3-4-6-20(16)28)13-22-24(31)30-25(34-22)29-18-9-7-17(26)8-10-18/h3-13H,2,14H2,1H3,(H,29,30,31)/b22-13-. The molecule has 3 aromatic rings. The van der Waals surface area contributed by atoms with Crippen molar-refractivity contribution in [3.8, 4) is 11.5 Å². The highest BCUT2D eigenvalue weighted by Gasteiger charge is 2.24. The summed E-state index contributed by atoms with van der Waals surface area (Å²) in [5.41, 5.74) is 1.72.